The molecule has 0 aromatic heterocycles. The maximum atomic E-state index is 13.0. The number of amides is 1. The summed E-state index contributed by atoms with van der Waals surface area (Å²) in [5, 5.41) is 3.10. The number of carbonyl (C=O) groups is 1. The lowest BCUT2D eigenvalue weighted by Crippen LogP contribution is -2.37. The van der Waals surface area contributed by atoms with Gasteiger partial charge in [-0.15, -0.1) is 0 Å². The van der Waals surface area contributed by atoms with Gasteiger partial charge in [-0.05, 0) is 67.0 Å². The molecular formula is C23H29BrN2O4. The van der Waals surface area contributed by atoms with Crippen molar-refractivity contribution >= 4 is 21.8 Å². The minimum atomic E-state index is -0.156. The third-order valence-corrected chi connectivity index (χ3v) is 5.90. The molecule has 1 unspecified atom stereocenters. The Balaban J connectivity index is 1.80. The molecule has 1 atom stereocenters. The normalized spacial score (nSPS) is 14.9. The average Bonchev–Trinajstić information content (AvgIpc) is 3.30. The number of nitrogens with one attached hydrogen (secondary N) is 1. The summed E-state index contributed by atoms with van der Waals surface area (Å²) < 4.78 is 17.3. The fourth-order valence-electron chi connectivity index (χ4n) is 3.86. The minimum absolute atomic E-state index is 0.0561. The van der Waals surface area contributed by atoms with Crippen LogP contribution in [0.5, 0.6) is 17.2 Å². The summed E-state index contributed by atoms with van der Waals surface area (Å²) in [5.41, 5.74) is 1.61. The number of hydrogen-bond donors (Lipinski definition) is 1. The molecule has 2 aromatic carbocycles. The Morgan fingerprint density at radius 3 is 2.50 bits per heavy atom. The SMILES string of the molecule is CCOc1c(Br)cc(C(=O)NCC(c2ccccc2OC)N2CCCC2)cc1OC. The molecule has 2 aromatic rings. The van der Waals surface area contributed by atoms with Crippen molar-refractivity contribution in [3.05, 3.63) is 52.0 Å². The molecule has 30 heavy (non-hydrogen) atoms. The second-order valence-corrected chi connectivity index (χ2v) is 7.99. The van der Waals surface area contributed by atoms with E-state index in [-0.39, 0.29) is 11.9 Å². The monoisotopic (exact) mass is 476 g/mol. The van der Waals surface area contributed by atoms with Gasteiger partial charge in [-0.1, -0.05) is 18.2 Å². The third-order valence-electron chi connectivity index (χ3n) is 5.32. The highest BCUT2D eigenvalue weighted by atomic mass is 79.9. The molecule has 1 aliphatic heterocycles. The van der Waals surface area contributed by atoms with Crippen molar-refractivity contribution in [3.8, 4) is 17.2 Å². The van der Waals surface area contributed by atoms with Crippen LogP contribution in [0, 0.1) is 0 Å². The Morgan fingerprint density at radius 1 is 1.13 bits per heavy atom. The molecule has 0 spiro atoms. The standard InChI is InChI=1S/C23H29BrN2O4/c1-4-30-22-18(24)13-16(14-21(22)29-3)23(27)25-15-19(26-11-7-8-12-26)17-9-5-6-10-20(17)28-2/h5-6,9-10,13-14,19H,4,7-8,11-12,15H2,1-3H3,(H,25,27). The summed E-state index contributed by atoms with van der Waals surface area (Å²) in [5.74, 6) is 1.81. The van der Waals surface area contributed by atoms with Crippen LogP contribution in [0.1, 0.15) is 41.7 Å². The molecule has 0 aliphatic carbocycles. The van der Waals surface area contributed by atoms with Crippen LogP contribution >= 0.6 is 15.9 Å². The Hall–Kier alpha value is -2.25. The van der Waals surface area contributed by atoms with Crippen LogP contribution < -0.4 is 19.5 Å². The predicted octanol–water partition coefficient (Wildman–Crippen LogP) is 4.43. The van der Waals surface area contributed by atoms with E-state index in [0.29, 0.717) is 34.7 Å². The minimum Gasteiger partial charge on any atom is -0.496 e. The predicted molar refractivity (Wildman–Crippen MR) is 121 cm³/mol. The second-order valence-electron chi connectivity index (χ2n) is 7.13. The smallest absolute Gasteiger partial charge is 0.251 e. The molecule has 1 heterocycles. The van der Waals surface area contributed by atoms with Gasteiger partial charge in [0.05, 0.1) is 31.3 Å². The van der Waals surface area contributed by atoms with Gasteiger partial charge in [-0.3, -0.25) is 9.69 Å². The van der Waals surface area contributed by atoms with Crippen molar-refractivity contribution in [1.29, 1.82) is 0 Å². The van der Waals surface area contributed by atoms with Crippen LogP contribution in [0.15, 0.2) is 40.9 Å². The van der Waals surface area contributed by atoms with Crippen molar-refractivity contribution in [2.45, 2.75) is 25.8 Å². The molecule has 1 amide bonds. The summed E-state index contributed by atoms with van der Waals surface area (Å²) in [6.07, 6.45) is 2.34. The van der Waals surface area contributed by atoms with Crippen LogP contribution in [0.2, 0.25) is 0 Å². The van der Waals surface area contributed by atoms with Gasteiger partial charge in [0.25, 0.3) is 5.91 Å². The van der Waals surface area contributed by atoms with Gasteiger partial charge < -0.3 is 19.5 Å². The van der Waals surface area contributed by atoms with E-state index in [2.05, 4.69) is 32.2 Å². The van der Waals surface area contributed by atoms with Crippen LogP contribution in [-0.4, -0.2) is 51.3 Å². The molecule has 6 nitrogen and oxygen atoms in total. The van der Waals surface area contributed by atoms with E-state index in [0.717, 1.165) is 24.4 Å². The summed E-state index contributed by atoms with van der Waals surface area (Å²) in [4.78, 5) is 15.4. The molecule has 7 heteroatoms. The van der Waals surface area contributed by atoms with Gasteiger partial charge in [0.15, 0.2) is 11.5 Å². The Labute approximate surface area is 186 Å². The van der Waals surface area contributed by atoms with Crippen molar-refractivity contribution in [3.63, 3.8) is 0 Å². The molecule has 1 saturated heterocycles. The fraction of sp³-hybridized carbons (Fsp3) is 0.435. The van der Waals surface area contributed by atoms with E-state index in [9.17, 15) is 4.79 Å². The zero-order valence-corrected chi connectivity index (χ0v) is 19.3. The molecule has 0 bridgehead atoms. The molecule has 1 fully saturated rings. The van der Waals surface area contributed by atoms with Gasteiger partial charge in [0, 0.05) is 17.7 Å². The third kappa shape index (κ3) is 5.08. The Morgan fingerprint density at radius 2 is 1.83 bits per heavy atom. The number of carbonyl (C=O) groups excluding carboxylic acids is 1. The number of nitrogens with zero attached hydrogens (tertiary/aromatic N) is 1. The fourth-order valence-corrected chi connectivity index (χ4v) is 4.41. The number of likely N-dealkylation sites (tertiary alicyclic amines) is 1. The van der Waals surface area contributed by atoms with E-state index in [4.69, 9.17) is 14.2 Å². The zero-order chi connectivity index (χ0) is 21.5. The lowest BCUT2D eigenvalue weighted by molar-refractivity contribution is 0.0937. The number of rotatable bonds is 9. The largest absolute Gasteiger partial charge is 0.496 e. The zero-order valence-electron chi connectivity index (χ0n) is 17.7. The first-order chi connectivity index (χ1) is 14.6. The maximum Gasteiger partial charge on any atom is 0.251 e. The number of benzene rings is 2. The first-order valence-corrected chi connectivity index (χ1v) is 11.0. The lowest BCUT2D eigenvalue weighted by Gasteiger charge is -2.29. The Kier molecular flexibility index (Phi) is 7.99. The molecule has 1 aliphatic rings. The molecule has 3 rings (SSSR count). The number of ether oxygens (including phenoxy) is 3. The lowest BCUT2D eigenvalue weighted by atomic mass is 10.0. The molecule has 162 valence electrons. The van der Waals surface area contributed by atoms with E-state index in [1.807, 2.05) is 25.1 Å². The van der Waals surface area contributed by atoms with Crippen molar-refractivity contribution in [2.24, 2.45) is 0 Å². The number of methoxy groups -OCH3 is 2. The quantitative estimate of drug-likeness (QED) is 0.579. The van der Waals surface area contributed by atoms with Crippen LogP contribution in [0.3, 0.4) is 0 Å². The highest BCUT2D eigenvalue weighted by molar-refractivity contribution is 9.10. The van der Waals surface area contributed by atoms with E-state index >= 15 is 0 Å². The van der Waals surface area contributed by atoms with Gasteiger partial charge in [-0.2, -0.15) is 0 Å². The van der Waals surface area contributed by atoms with Gasteiger partial charge in [0.1, 0.15) is 5.75 Å². The van der Waals surface area contributed by atoms with Crippen LogP contribution in [0.25, 0.3) is 0 Å². The molecule has 1 N–H and O–H groups in total. The van der Waals surface area contributed by atoms with Gasteiger partial charge in [0.2, 0.25) is 0 Å². The highest BCUT2D eigenvalue weighted by Crippen LogP contribution is 2.37. The van der Waals surface area contributed by atoms with Crippen LogP contribution in [-0.2, 0) is 0 Å². The summed E-state index contributed by atoms with van der Waals surface area (Å²) in [7, 11) is 3.25. The maximum absolute atomic E-state index is 13.0. The molecule has 0 radical (unpaired) electrons. The van der Waals surface area contributed by atoms with Gasteiger partial charge in [-0.25, -0.2) is 0 Å². The second kappa shape index (κ2) is 10.7. The van der Waals surface area contributed by atoms with Crippen molar-refractivity contribution in [2.75, 3.05) is 40.5 Å². The number of hydrogen-bond acceptors (Lipinski definition) is 5. The van der Waals surface area contributed by atoms with E-state index in [1.54, 1.807) is 26.4 Å². The number of para-hydroxylation sites is 1. The average molecular weight is 477 g/mol. The van der Waals surface area contributed by atoms with E-state index < -0.39 is 0 Å². The summed E-state index contributed by atoms with van der Waals surface area (Å²) in [6.45, 7) is 4.94. The topological polar surface area (TPSA) is 60.0 Å². The highest BCUT2D eigenvalue weighted by Gasteiger charge is 2.26. The molecule has 0 saturated carbocycles. The van der Waals surface area contributed by atoms with Crippen molar-refractivity contribution < 1.29 is 19.0 Å². The number of halogens is 1. The van der Waals surface area contributed by atoms with Crippen molar-refractivity contribution in [1.82, 2.24) is 10.2 Å². The summed E-state index contributed by atoms with van der Waals surface area (Å²) in [6, 6.07) is 11.5. The first-order valence-electron chi connectivity index (χ1n) is 10.2. The van der Waals surface area contributed by atoms with Crippen LogP contribution in [0.4, 0.5) is 0 Å². The first kappa shape index (κ1) is 22.4. The van der Waals surface area contributed by atoms with Gasteiger partial charge >= 0.3 is 0 Å². The molecular weight excluding hydrogens is 448 g/mol. The Bertz CT molecular complexity index is 868. The van der Waals surface area contributed by atoms with E-state index in [1.165, 1.54) is 12.8 Å². The summed E-state index contributed by atoms with van der Waals surface area (Å²) >= 11 is 3.49.